The van der Waals surface area contributed by atoms with Crippen LogP contribution in [0.5, 0.6) is 5.75 Å². The highest BCUT2D eigenvalue weighted by atomic mass is 32.1. The van der Waals surface area contributed by atoms with Crippen LogP contribution in [-0.2, 0) is 9.59 Å². The molecule has 1 heterocycles. The molecular formula is C21H23F3N2O3S. The Kier molecular flexibility index (Phi) is 7.02. The SMILES string of the molecule is CCOc1ccc(N(C(=O)C(F)(F)F)[C@@H](C(=O)NC2CCCC2)c2cccs2)cc1. The number of benzene rings is 1. The molecule has 2 aromatic rings. The zero-order chi connectivity index (χ0) is 21.7. The molecule has 0 spiro atoms. The maximum atomic E-state index is 13.5. The summed E-state index contributed by atoms with van der Waals surface area (Å²) >= 11 is 1.13. The van der Waals surface area contributed by atoms with Crippen LogP contribution in [0.25, 0.3) is 0 Å². The second kappa shape index (κ2) is 9.51. The van der Waals surface area contributed by atoms with E-state index in [1.807, 2.05) is 0 Å². The van der Waals surface area contributed by atoms with E-state index in [4.69, 9.17) is 4.74 Å². The van der Waals surface area contributed by atoms with Gasteiger partial charge in [-0.15, -0.1) is 11.3 Å². The van der Waals surface area contributed by atoms with Gasteiger partial charge in [-0.05, 0) is 55.5 Å². The highest BCUT2D eigenvalue weighted by Crippen LogP contribution is 2.35. The Balaban J connectivity index is 2.01. The first kappa shape index (κ1) is 22.1. The van der Waals surface area contributed by atoms with Crippen LogP contribution in [-0.4, -0.2) is 30.6 Å². The number of hydrogen-bond acceptors (Lipinski definition) is 4. The van der Waals surface area contributed by atoms with Crippen molar-refractivity contribution < 1.29 is 27.5 Å². The van der Waals surface area contributed by atoms with Crippen LogP contribution in [0.1, 0.15) is 43.5 Å². The first-order chi connectivity index (χ1) is 14.3. The van der Waals surface area contributed by atoms with Crippen molar-refractivity contribution in [3.05, 3.63) is 46.7 Å². The van der Waals surface area contributed by atoms with E-state index in [9.17, 15) is 22.8 Å². The van der Waals surface area contributed by atoms with Crippen LogP contribution in [0, 0.1) is 0 Å². The van der Waals surface area contributed by atoms with Crippen LogP contribution in [0.2, 0.25) is 0 Å². The molecule has 5 nitrogen and oxygen atoms in total. The minimum atomic E-state index is -5.14. The lowest BCUT2D eigenvalue weighted by molar-refractivity contribution is -0.171. The molecule has 0 bridgehead atoms. The zero-order valence-corrected chi connectivity index (χ0v) is 17.3. The zero-order valence-electron chi connectivity index (χ0n) is 16.4. The second-order valence-corrected chi connectivity index (χ2v) is 7.99. The van der Waals surface area contributed by atoms with Crippen molar-refractivity contribution in [3.63, 3.8) is 0 Å². The summed E-state index contributed by atoms with van der Waals surface area (Å²) in [6.07, 6.45) is -1.67. The van der Waals surface area contributed by atoms with Gasteiger partial charge in [0, 0.05) is 16.6 Å². The van der Waals surface area contributed by atoms with Gasteiger partial charge < -0.3 is 10.1 Å². The fourth-order valence-corrected chi connectivity index (χ4v) is 4.37. The molecule has 3 rings (SSSR count). The third-order valence-corrected chi connectivity index (χ3v) is 5.83. The van der Waals surface area contributed by atoms with Gasteiger partial charge >= 0.3 is 12.1 Å². The lowest BCUT2D eigenvalue weighted by Crippen LogP contribution is -2.50. The lowest BCUT2D eigenvalue weighted by Gasteiger charge is -2.32. The Morgan fingerprint density at radius 1 is 1.20 bits per heavy atom. The van der Waals surface area contributed by atoms with Crippen molar-refractivity contribution in [2.24, 2.45) is 0 Å². The number of carbonyl (C=O) groups excluding carboxylic acids is 2. The topological polar surface area (TPSA) is 58.6 Å². The molecule has 2 amide bonds. The molecular weight excluding hydrogens is 417 g/mol. The van der Waals surface area contributed by atoms with Crippen molar-refractivity contribution >= 4 is 28.8 Å². The molecule has 1 aromatic carbocycles. The van der Waals surface area contributed by atoms with Crippen molar-refractivity contribution in [1.82, 2.24) is 5.32 Å². The van der Waals surface area contributed by atoms with Gasteiger partial charge in [0.25, 0.3) is 0 Å². The predicted molar refractivity (Wildman–Crippen MR) is 109 cm³/mol. The number of rotatable bonds is 7. The fourth-order valence-electron chi connectivity index (χ4n) is 3.56. The standard InChI is InChI=1S/C21H23F3N2O3S/c1-2-29-16-11-9-15(10-12-16)26(20(28)21(22,23)24)18(17-8-5-13-30-17)19(27)25-14-6-3-4-7-14/h5,8-14,18H,2-4,6-7H2,1H3,(H,25,27)/t18-/m1/s1. The Bertz CT molecular complexity index is 847. The van der Waals surface area contributed by atoms with E-state index < -0.39 is 24.0 Å². The van der Waals surface area contributed by atoms with E-state index in [0.717, 1.165) is 37.0 Å². The average Bonchev–Trinajstić information content (AvgIpc) is 3.40. The number of alkyl halides is 3. The van der Waals surface area contributed by atoms with Gasteiger partial charge in [0.1, 0.15) is 5.75 Å². The average molecular weight is 440 g/mol. The maximum Gasteiger partial charge on any atom is 0.471 e. The molecule has 1 aromatic heterocycles. The Labute approximate surface area is 176 Å². The van der Waals surface area contributed by atoms with Gasteiger partial charge in [0.15, 0.2) is 6.04 Å². The summed E-state index contributed by atoms with van der Waals surface area (Å²) in [5, 5.41) is 4.50. The van der Waals surface area contributed by atoms with E-state index in [1.165, 1.54) is 24.3 Å². The first-order valence-electron chi connectivity index (χ1n) is 9.78. The second-order valence-electron chi connectivity index (χ2n) is 7.01. The molecule has 0 saturated heterocycles. The summed E-state index contributed by atoms with van der Waals surface area (Å²) in [7, 11) is 0. The molecule has 9 heteroatoms. The van der Waals surface area contributed by atoms with Crippen LogP contribution >= 0.6 is 11.3 Å². The van der Waals surface area contributed by atoms with E-state index >= 15 is 0 Å². The summed E-state index contributed by atoms with van der Waals surface area (Å²) in [6, 6.07) is 7.38. The fraction of sp³-hybridized carbons (Fsp3) is 0.429. The third-order valence-electron chi connectivity index (χ3n) is 4.91. The number of ether oxygens (including phenoxy) is 1. The molecule has 0 radical (unpaired) electrons. The Hall–Kier alpha value is -2.55. The number of nitrogens with one attached hydrogen (secondary N) is 1. The Morgan fingerprint density at radius 2 is 1.87 bits per heavy atom. The van der Waals surface area contributed by atoms with Gasteiger partial charge in [-0.25, -0.2) is 0 Å². The minimum Gasteiger partial charge on any atom is -0.494 e. The maximum absolute atomic E-state index is 13.5. The van der Waals surface area contributed by atoms with Crippen LogP contribution in [0.15, 0.2) is 41.8 Å². The number of hydrogen-bond donors (Lipinski definition) is 1. The van der Waals surface area contributed by atoms with Crippen molar-refractivity contribution in [2.75, 3.05) is 11.5 Å². The third kappa shape index (κ3) is 5.13. The summed E-state index contributed by atoms with van der Waals surface area (Å²) < 4.78 is 45.9. The lowest BCUT2D eigenvalue weighted by atomic mass is 10.1. The van der Waals surface area contributed by atoms with Gasteiger partial charge in [-0.1, -0.05) is 18.9 Å². The summed E-state index contributed by atoms with van der Waals surface area (Å²) in [4.78, 5) is 26.5. The highest BCUT2D eigenvalue weighted by Gasteiger charge is 2.48. The summed E-state index contributed by atoms with van der Waals surface area (Å²) in [6.45, 7) is 2.18. The van der Waals surface area contributed by atoms with E-state index in [2.05, 4.69) is 5.32 Å². The van der Waals surface area contributed by atoms with Gasteiger partial charge in [-0.3, -0.25) is 14.5 Å². The van der Waals surface area contributed by atoms with Gasteiger partial charge in [-0.2, -0.15) is 13.2 Å². The molecule has 1 fully saturated rings. The highest BCUT2D eigenvalue weighted by molar-refractivity contribution is 7.10. The number of halogens is 3. The number of anilines is 1. The number of carbonyl (C=O) groups is 2. The molecule has 162 valence electrons. The van der Waals surface area contributed by atoms with Crippen molar-refractivity contribution in [3.8, 4) is 5.75 Å². The number of thiophene rings is 1. The number of nitrogens with zero attached hydrogens (tertiary/aromatic N) is 1. The molecule has 30 heavy (non-hydrogen) atoms. The van der Waals surface area contributed by atoms with Gasteiger partial charge in [0.2, 0.25) is 5.91 Å². The largest absolute Gasteiger partial charge is 0.494 e. The smallest absolute Gasteiger partial charge is 0.471 e. The molecule has 0 aliphatic heterocycles. The predicted octanol–water partition coefficient (Wildman–Crippen LogP) is 4.84. The molecule has 1 N–H and O–H groups in total. The number of amides is 2. The van der Waals surface area contributed by atoms with E-state index in [1.54, 1.807) is 24.4 Å². The van der Waals surface area contributed by atoms with Crippen molar-refractivity contribution in [1.29, 1.82) is 0 Å². The molecule has 1 aliphatic rings. The molecule has 0 unspecified atom stereocenters. The summed E-state index contributed by atoms with van der Waals surface area (Å²) in [5.74, 6) is -2.24. The Morgan fingerprint density at radius 3 is 2.40 bits per heavy atom. The summed E-state index contributed by atoms with van der Waals surface area (Å²) in [5.41, 5.74) is -0.0271. The first-order valence-corrected chi connectivity index (χ1v) is 10.7. The van der Waals surface area contributed by atoms with Crippen LogP contribution in [0.4, 0.5) is 18.9 Å². The van der Waals surface area contributed by atoms with Crippen LogP contribution in [0.3, 0.4) is 0 Å². The van der Waals surface area contributed by atoms with E-state index in [0.29, 0.717) is 22.1 Å². The monoisotopic (exact) mass is 440 g/mol. The minimum absolute atomic E-state index is 0.0271. The molecule has 1 atom stereocenters. The van der Waals surface area contributed by atoms with Gasteiger partial charge in [0.05, 0.1) is 6.61 Å². The normalized spacial score (nSPS) is 15.6. The quantitative estimate of drug-likeness (QED) is 0.670. The molecule has 1 saturated carbocycles. The van der Waals surface area contributed by atoms with Crippen molar-refractivity contribution in [2.45, 2.75) is 50.9 Å². The van der Waals surface area contributed by atoms with Crippen LogP contribution < -0.4 is 15.0 Å². The van der Waals surface area contributed by atoms with E-state index in [-0.39, 0.29) is 11.7 Å². The molecule has 1 aliphatic carbocycles.